The number of ketones is 1. The third-order valence-corrected chi connectivity index (χ3v) is 2.91. The summed E-state index contributed by atoms with van der Waals surface area (Å²) < 4.78 is 0. The van der Waals surface area contributed by atoms with Crippen molar-refractivity contribution in [3.8, 4) is 0 Å². The van der Waals surface area contributed by atoms with Crippen LogP contribution in [0.5, 0.6) is 0 Å². The predicted octanol–water partition coefficient (Wildman–Crippen LogP) is 0.718. The van der Waals surface area contributed by atoms with Crippen molar-refractivity contribution in [1.29, 1.82) is 0 Å². The number of hydrogen-bond acceptors (Lipinski definition) is 2. The van der Waals surface area contributed by atoms with E-state index in [4.69, 9.17) is 0 Å². The normalized spacial score (nSPS) is 29.9. The largest absolute Gasteiger partial charge is 0.317 e. The van der Waals surface area contributed by atoms with Gasteiger partial charge >= 0.3 is 0 Å². The minimum Gasteiger partial charge on any atom is -0.317 e. The molecule has 2 rings (SSSR count). The number of carbonyl (C=O) groups is 1. The molecule has 1 N–H and O–H groups in total. The molecule has 0 aromatic carbocycles. The van der Waals surface area contributed by atoms with Gasteiger partial charge < -0.3 is 5.32 Å². The highest BCUT2D eigenvalue weighted by molar-refractivity contribution is 5.86. The second-order valence-corrected chi connectivity index (χ2v) is 3.79. The third-order valence-electron chi connectivity index (χ3n) is 2.91. The van der Waals surface area contributed by atoms with E-state index in [0.29, 0.717) is 17.2 Å². The van der Waals surface area contributed by atoms with Gasteiger partial charge in [-0.1, -0.05) is 0 Å². The summed E-state index contributed by atoms with van der Waals surface area (Å²) in [4.78, 5) is 10.7. The number of carbonyl (C=O) groups excluding carboxylic acids is 1. The van der Waals surface area contributed by atoms with E-state index < -0.39 is 0 Å². The quantitative estimate of drug-likeness (QED) is 0.580. The Morgan fingerprint density at radius 1 is 1.50 bits per heavy atom. The summed E-state index contributed by atoms with van der Waals surface area (Å²) in [7, 11) is 2.00. The molecule has 0 bridgehead atoms. The van der Waals surface area contributed by atoms with Crippen LogP contribution in [0.4, 0.5) is 0 Å². The topological polar surface area (TPSA) is 29.1 Å². The fourth-order valence-corrected chi connectivity index (χ4v) is 2.26. The van der Waals surface area contributed by atoms with Crippen molar-refractivity contribution < 1.29 is 4.79 Å². The van der Waals surface area contributed by atoms with Crippen molar-refractivity contribution in [2.75, 3.05) is 7.05 Å². The molecule has 0 saturated heterocycles. The molecule has 10 heavy (non-hydrogen) atoms. The molecular formula is C8H13NO. The third kappa shape index (κ3) is 0.717. The SMILES string of the molecule is CNC1CC2(CC(=O)C2)C1. The van der Waals surface area contributed by atoms with Gasteiger partial charge in [0.05, 0.1) is 0 Å². The van der Waals surface area contributed by atoms with Gasteiger partial charge in [0, 0.05) is 18.9 Å². The lowest BCUT2D eigenvalue weighted by Crippen LogP contribution is -2.54. The number of nitrogens with one attached hydrogen (secondary N) is 1. The van der Waals surface area contributed by atoms with E-state index in [9.17, 15) is 4.79 Å². The fraction of sp³-hybridized carbons (Fsp3) is 0.875. The molecule has 2 heteroatoms. The van der Waals surface area contributed by atoms with Gasteiger partial charge in [-0.05, 0) is 25.3 Å². The molecule has 2 aliphatic carbocycles. The summed E-state index contributed by atoms with van der Waals surface area (Å²) in [6, 6.07) is 0.702. The molecule has 2 aliphatic rings. The van der Waals surface area contributed by atoms with Crippen molar-refractivity contribution in [1.82, 2.24) is 5.32 Å². The van der Waals surface area contributed by atoms with Crippen LogP contribution in [0.15, 0.2) is 0 Å². The molecule has 1 spiro atoms. The number of hydrogen-bond donors (Lipinski definition) is 1. The van der Waals surface area contributed by atoms with E-state index >= 15 is 0 Å². The smallest absolute Gasteiger partial charge is 0.134 e. The minimum atomic E-state index is 0.467. The van der Waals surface area contributed by atoms with E-state index in [-0.39, 0.29) is 0 Å². The van der Waals surface area contributed by atoms with Crippen LogP contribution in [0.2, 0.25) is 0 Å². The van der Waals surface area contributed by atoms with Gasteiger partial charge in [0.25, 0.3) is 0 Å². The molecule has 0 radical (unpaired) electrons. The van der Waals surface area contributed by atoms with Crippen LogP contribution in [-0.4, -0.2) is 18.9 Å². The molecule has 2 fully saturated rings. The van der Waals surface area contributed by atoms with E-state index in [2.05, 4.69) is 5.32 Å². The summed E-state index contributed by atoms with van der Waals surface area (Å²) in [6.07, 6.45) is 4.20. The molecule has 56 valence electrons. The maximum atomic E-state index is 10.7. The van der Waals surface area contributed by atoms with Crippen LogP contribution in [-0.2, 0) is 4.79 Å². The average molecular weight is 139 g/mol. The fourth-order valence-electron chi connectivity index (χ4n) is 2.26. The first-order chi connectivity index (χ1) is 4.74. The molecule has 0 heterocycles. The summed E-state index contributed by atoms with van der Waals surface area (Å²) in [5.41, 5.74) is 0.477. The Kier molecular flexibility index (Phi) is 1.15. The zero-order valence-electron chi connectivity index (χ0n) is 6.31. The molecule has 2 saturated carbocycles. The molecule has 2 nitrogen and oxygen atoms in total. The molecule has 0 unspecified atom stereocenters. The molecule has 0 aliphatic heterocycles. The van der Waals surface area contributed by atoms with Crippen LogP contribution in [0.1, 0.15) is 25.7 Å². The van der Waals surface area contributed by atoms with Crippen LogP contribution in [0, 0.1) is 5.41 Å². The van der Waals surface area contributed by atoms with Crippen molar-refractivity contribution in [3.05, 3.63) is 0 Å². The Bertz CT molecular complexity index is 160. The zero-order chi connectivity index (χ0) is 7.19. The van der Waals surface area contributed by atoms with Gasteiger partial charge in [-0.25, -0.2) is 0 Å². The van der Waals surface area contributed by atoms with Crippen LogP contribution < -0.4 is 5.32 Å². The predicted molar refractivity (Wildman–Crippen MR) is 38.8 cm³/mol. The molecule has 0 amide bonds. The minimum absolute atomic E-state index is 0.467. The lowest BCUT2D eigenvalue weighted by Gasteiger charge is -2.52. The van der Waals surface area contributed by atoms with E-state index in [0.717, 1.165) is 12.8 Å². The van der Waals surface area contributed by atoms with Crippen molar-refractivity contribution in [2.45, 2.75) is 31.7 Å². The standard InChI is InChI=1S/C8H13NO/c1-9-6-2-8(3-6)4-7(10)5-8/h6,9H,2-5H2,1H3. The Hall–Kier alpha value is -0.370. The van der Waals surface area contributed by atoms with Gasteiger partial charge in [-0.2, -0.15) is 0 Å². The maximum Gasteiger partial charge on any atom is 0.134 e. The Labute approximate surface area is 61.0 Å². The summed E-state index contributed by atoms with van der Waals surface area (Å²) in [5.74, 6) is 0.467. The first kappa shape index (κ1) is 6.35. The summed E-state index contributed by atoms with van der Waals surface area (Å²) >= 11 is 0. The number of Topliss-reactive ketones (excluding diaryl/α,β-unsaturated/α-hetero) is 1. The molecular weight excluding hydrogens is 126 g/mol. The van der Waals surface area contributed by atoms with Crippen molar-refractivity contribution >= 4 is 5.78 Å². The summed E-state index contributed by atoms with van der Waals surface area (Å²) in [6.45, 7) is 0. The van der Waals surface area contributed by atoms with E-state index in [1.165, 1.54) is 12.8 Å². The van der Waals surface area contributed by atoms with Crippen molar-refractivity contribution in [3.63, 3.8) is 0 Å². The monoisotopic (exact) mass is 139 g/mol. The second kappa shape index (κ2) is 1.82. The summed E-state index contributed by atoms with van der Waals surface area (Å²) in [5, 5.41) is 3.23. The second-order valence-electron chi connectivity index (χ2n) is 3.79. The molecule has 0 aromatic rings. The highest BCUT2D eigenvalue weighted by Crippen LogP contribution is 2.53. The van der Waals surface area contributed by atoms with E-state index in [1.807, 2.05) is 7.05 Å². The lowest BCUT2D eigenvalue weighted by molar-refractivity contribution is -0.139. The van der Waals surface area contributed by atoms with Gasteiger partial charge in [-0.3, -0.25) is 4.79 Å². The van der Waals surface area contributed by atoms with Crippen LogP contribution >= 0.6 is 0 Å². The van der Waals surface area contributed by atoms with Crippen molar-refractivity contribution in [2.24, 2.45) is 5.41 Å². The Morgan fingerprint density at radius 3 is 2.50 bits per heavy atom. The highest BCUT2D eigenvalue weighted by atomic mass is 16.1. The van der Waals surface area contributed by atoms with Gasteiger partial charge in [0.2, 0.25) is 0 Å². The van der Waals surface area contributed by atoms with Crippen LogP contribution in [0.25, 0.3) is 0 Å². The Morgan fingerprint density at radius 2 is 2.10 bits per heavy atom. The highest BCUT2D eigenvalue weighted by Gasteiger charge is 2.51. The molecule has 0 atom stereocenters. The Balaban J connectivity index is 1.85. The molecule has 0 aromatic heterocycles. The van der Waals surface area contributed by atoms with Gasteiger partial charge in [0.15, 0.2) is 0 Å². The maximum absolute atomic E-state index is 10.7. The average Bonchev–Trinajstić information content (AvgIpc) is 1.74. The van der Waals surface area contributed by atoms with Gasteiger partial charge in [-0.15, -0.1) is 0 Å². The zero-order valence-corrected chi connectivity index (χ0v) is 6.31. The first-order valence-corrected chi connectivity index (χ1v) is 3.93. The van der Waals surface area contributed by atoms with Gasteiger partial charge in [0.1, 0.15) is 5.78 Å². The lowest BCUT2D eigenvalue weighted by atomic mass is 9.53. The van der Waals surface area contributed by atoms with Crippen LogP contribution in [0.3, 0.4) is 0 Å². The first-order valence-electron chi connectivity index (χ1n) is 3.93. The van der Waals surface area contributed by atoms with E-state index in [1.54, 1.807) is 0 Å². The number of rotatable bonds is 1.